The van der Waals surface area contributed by atoms with Gasteiger partial charge in [0.25, 0.3) is 0 Å². The van der Waals surface area contributed by atoms with Crippen LogP contribution in [0.3, 0.4) is 0 Å². The van der Waals surface area contributed by atoms with Gasteiger partial charge in [-0.2, -0.15) is 5.10 Å². The van der Waals surface area contributed by atoms with Crippen LogP contribution in [0.4, 0.5) is 0 Å². The molecule has 0 radical (unpaired) electrons. The molecule has 0 saturated carbocycles. The summed E-state index contributed by atoms with van der Waals surface area (Å²) in [7, 11) is 0. The summed E-state index contributed by atoms with van der Waals surface area (Å²) in [6, 6.07) is 0. The van der Waals surface area contributed by atoms with Gasteiger partial charge in [-0.15, -0.1) is 0 Å². The standard InChI is InChI=1S/C18H30N4OS/c1-6-14(7-2)15-9-12(4)21-22(10-15)17(13(5)19)18-11(3)8-16(23-20)24-18/h9,14,16H,6-8,10,19-20H2,1-5H3/b17-13-. The number of allylic oxidation sites excluding steroid dienone is 2. The lowest BCUT2D eigenvalue weighted by molar-refractivity contribution is 0.117. The van der Waals surface area contributed by atoms with Crippen molar-refractivity contribution >= 4 is 17.5 Å². The highest BCUT2D eigenvalue weighted by Crippen LogP contribution is 2.44. The van der Waals surface area contributed by atoms with Crippen LogP contribution in [0.15, 0.2) is 38.6 Å². The first-order valence-corrected chi connectivity index (χ1v) is 9.51. The van der Waals surface area contributed by atoms with Crippen molar-refractivity contribution in [2.24, 2.45) is 22.6 Å². The molecule has 4 N–H and O–H groups in total. The van der Waals surface area contributed by atoms with E-state index in [1.807, 2.05) is 13.8 Å². The van der Waals surface area contributed by atoms with Crippen molar-refractivity contribution in [1.82, 2.24) is 5.01 Å². The summed E-state index contributed by atoms with van der Waals surface area (Å²) in [4.78, 5) is 6.18. The highest BCUT2D eigenvalue weighted by molar-refractivity contribution is 8.04. The molecular weight excluding hydrogens is 320 g/mol. The predicted octanol–water partition coefficient (Wildman–Crippen LogP) is 3.86. The molecule has 2 aliphatic rings. The van der Waals surface area contributed by atoms with E-state index < -0.39 is 0 Å². The van der Waals surface area contributed by atoms with Crippen molar-refractivity contribution in [3.05, 3.63) is 33.5 Å². The van der Waals surface area contributed by atoms with Gasteiger partial charge in [-0.05, 0) is 51.2 Å². The molecule has 24 heavy (non-hydrogen) atoms. The Morgan fingerprint density at radius 1 is 1.42 bits per heavy atom. The number of rotatable bonds is 6. The van der Waals surface area contributed by atoms with Gasteiger partial charge in [-0.3, -0.25) is 9.85 Å². The Hall–Kier alpha value is -1.24. The molecule has 0 aromatic heterocycles. The molecular formula is C18H30N4OS. The van der Waals surface area contributed by atoms with Crippen molar-refractivity contribution in [2.75, 3.05) is 6.54 Å². The van der Waals surface area contributed by atoms with Crippen LogP contribution in [0.5, 0.6) is 0 Å². The van der Waals surface area contributed by atoms with Crippen LogP contribution in [-0.4, -0.2) is 22.7 Å². The number of nitrogens with zero attached hydrogens (tertiary/aromatic N) is 2. The Labute approximate surface area is 149 Å². The molecule has 1 unspecified atom stereocenters. The first-order chi connectivity index (χ1) is 11.4. The number of hydrogen-bond donors (Lipinski definition) is 2. The average Bonchev–Trinajstić information content (AvgIpc) is 2.89. The van der Waals surface area contributed by atoms with Gasteiger partial charge in [0.2, 0.25) is 0 Å². The van der Waals surface area contributed by atoms with Crippen molar-refractivity contribution in [3.63, 3.8) is 0 Å². The first-order valence-electron chi connectivity index (χ1n) is 8.63. The second kappa shape index (κ2) is 8.23. The Balaban J connectivity index is 2.33. The van der Waals surface area contributed by atoms with Crippen molar-refractivity contribution in [1.29, 1.82) is 0 Å². The average molecular weight is 351 g/mol. The second-order valence-corrected chi connectivity index (χ2v) is 7.73. The zero-order chi connectivity index (χ0) is 17.9. The van der Waals surface area contributed by atoms with Crippen LogP contribution in [0.2, 0.25) is 0 Å². The van der Waals surface area contributed by atoms with E-state index in [0.29, 0.717) is 5.92 Å². The summed E-state index contributed by atoms with van der Waals surface area (Å²) in [5, 5.41) is 6.81. The second-order valence-electron chi connectivity index (χ2n) is 6.56. The lowest BCUT2D eigenvalue weighted by Crippen LogP contribution is -2.29. The van der Waals surface area contributed by atoms with Gasteiger partial charge < -0.3 is 5.73 Å². The molecule has 0 spiro atoms. The van der Waals surface area contributed by atoms with Crippen molar-refractivity contribution < 1.29 is 4.84 Å². The molecule has 2 rings (SSSR count). The summed E-state index contributed by atoms with van der Waals surface area (Å²) >= 11 is 1.64. The van der Waals surface area contributed by atoms with E-state index in [2.05, 4.69) is 31.9 Å². The van der Waals surface area contributed by atoms with Gasteiger partial charge in [0.15, 0.2) is 0 Å². The summed E-state index contributed by atoms with van der Waals surface area (Å²) < 4.78 is 0. The van der Waals surface area contributed by atoms with Crippen LogP contribution >= 0.6 is 11.8 Å². The zero-order valence-corrected chi connectivity index (χ0v) is 16.2. The number of nitrogens with two attached hydrogens (primary N) is 2. The van der Waals surface area contributed by atoms with Crippen LogP contribution in [0, 0.1) is 5.92 Å². The highest BCUT2D eigenvalue weighted by atomic mass is 32.2. The molecule has 2 aliphatic heterocycles. The molecule has 5 nitrogen and oxygen atoms in total. The summed E-state index contributed by atoms with van der Waals surface area (Å²) in [6.45, 7) is 11.4. The van der Waals surface area contributed by atoms with Gasteiger partial charge in [0, 0.05) is 17.0 Å². The SMILES string of the molecule is CCC(CC)C1=CC(C)=NN(/C(C2=C(C)CC(ON)S2)=C(/C)N)C1. The number of hydrogen-bond acceptors (Lipinski definition) is 6. The van der Waals surface area contributed by atoms with E-state index in [-0.39, 0.29) is 5.44 Å². The van der Waals surface area contributed by atoms with Gasteiger partial charge in [0.05, 0.1) is 18.0 Å². The summed E-state index contributed by atoms with van der Waals surface area (Å²) in [6.07, 6.45) is 5.33. The van der Waals surface area contributed by atoms with Crippen LogP contribution in [0.25, 0.3) is 0 Å². The van der Waals surface area contributed by atoms with E-state index in [1.165, 1.54) is 11.1 Å². The lowest BCUT2D eigenvalue weighted by atomic mass is 9.91. The minimum absolute atomic E-state index is 0.0433. The third-order valence-corrected chi connectivity index (χ3v) is 5.94. The first kappa shape index (κ1) is 19.1. The van der Waals surface area contributed by atoms with Gasteiger partial charge in [0.1, 0.15) is 5.44 Å². The fraction of sp³-hybridized carbons (Fsp3) is 0.611. The van der Waals surface area contributed by atoms with Crippen molar-refractivity contribution in [2.45, 2.75) is 59.3 Å². The normalized spacial score (nSPS) is 22.8. The van der Waals surface area contributed by atoms with Crippen molar-refractivity contribution in [3.8, 4) is 0 Å². The quantitative estimate of drug-likeness (QED) is 0.711. The minimum atomic E-state index is -0.0433. The smallest absolute Gasteiger partial charge is 0.132 e. The molecule has 2 heterocycles. The molecule has 6 heteroatoms. The van der Waals surface area contributed by atoms with E-state index in [1.54, 1.807) is 11.8 Å². The third kappa shape index (κ3) is 4.05. The summed E-state index contributed by atoms with van der Waals surface area (Å²) in [5.41, 5.74) is 11.7. The molecule has 0 amide bonds. The fourth-order valence-corrected chi connectivity index (χ4v) is 4.69. The maximum atomic E-state index is 6.26. The Morgan fingerprint density at radius 2 is 2.08 bits per heavy atom. The number of hydrazone groups is 1. The molecule has 0 aliphatic carbocycles. The molecule has 1 atom stereocenters. The monoisotopic (exact) mass is 350 g/mol. The fourth-order valence-electron chi connectivity index (χ4n) is 3.38. The maximum Gasteiger partial charge on any atom is 0.132 e. The zero-order valence-electron chi connectivity index (χ0n) is 15.4. The Morgan fingerprint density at radius 3 is 2.58 bits per heavy atom. The molecule has 0 aromatic carbocycles. The van der Waals surface area contributed by atoms with Gasteiger partial charge >= 0.3 is 0 Å². The predicted molar refractivity (Wildman–Crippen MR) is 103 cm³/mol. The van der Waals surface area contributed by atoms with Crippen LogP contribution < -0.4 is 11.6 Å². The third-order valence-electron chi connectivity index (χ3n) is 4.62. The van der Waals surface area contributed by atoms with Gasteiger partial charge in [-0.25, -0.2) is 5.90 Å². The van der Waals surface area contributed by atoms with E-state index >= 15 is 0 Å². The Bertz CT molecular complexity index is 598. The van der Waals surface area contributed by atoms with E-state index in [0.717, 1.165) is 47.8 Å². The number of thioether (sulfide) groups is 1. The Kier molecular flexibility index (Phi) is 6.54. The van der Waals surface area contributed by atoms with Gasteiger partial charge in [-0.1, -0.05) is 31.2 Å². The molecule has 0 aromatic rings. The van der Waals surface area contributed by atoms with Crippen LogP contribution in [0.1, 0.15) is 53.9 Å². The topological polar surface area (TPSA) is 76.9 Å². The van der Waals surface area contributed by atoms with E-state index in [9.17, 15) is 0 Å². The maximum absolute atomic E-state index is 6.26. The summed E-state index contributed by atoms with van der Waals surface area (Å²) in [5.74, 6) is 5.97. The lowest BCUT2D eigenvalue weighted by Gasteiger charge is -2.31. The van der Waals surface area contributed by atoms with E-state index in [4.69, 9.17) is 21.6 Å². The molecule has 0 saturated heterocycles. The highest BCUT2D eigenvalue weighted by Gasteiger charge is 2.30. The minimum Gasteiger partial charge on any atom is -0.401 e. The molecule has 0 fully saturated rings. The molecule has 134 valence electrons. The van der Waals surface area contributed by atoms with Crippen LogP contribution in [-0.2, 0) is 4.84 Å². The molecule has 0 bridgehead atoms. The largest absolute Gasteiger partial charge is 0.401 e.